The van der Waals surface area contributed by atoms with Crippen LogP contribution in [0, 0.1) is 0 Å². The van der Waals surface area contributed by atoms with E-state index in [1.165, 1.54) is 6.07 Å². The van der Waals surface area contributed by atoms with Gasteiger partial charge >= 0.3 is 0 Å². The molecule has 0 amide bonds. The third kappa shape index (κ3) is 2.85. The van der Waals surface area contributed by atoms with Crippen LogP contribution in [0.1, 0.15) is 19.4 Å². The second-order valence-corrected chi connectivity index (χ2v) is 6.91. The van der Waals surface area contributed by atoms with Crippen LogP contribution in [0.5, 0.6) is 17.2 Å². The van der Waals surface area contributed by atoms with Crippen LogP contribution in [-0.4, -0.2) is 19.8 Å². The molecule has 1 aliphatic heterocycles. The molecule has 1 aliphatic rings. The van der Waals surface area contributed by atoms with Crippen molar-refractivity contribution in [1.82, 2.24) is 0 Å². The average Bonchev–Trinajstić information content (AvgIpc) is 2.65. The monoisotopic (exact) mass is 364 g/mol. The molecule has 0 spiro atoms. The normalized spacial score (nSPS) is 14.5. The van der Waals surface area contributed by atoms with Gasteiger partial charge in [-0.1, -0.05) is 6.07 Å². The fourth-order valence-electron chi connectivity index (χ4n) is 3.28. The minimum Gasteiger partial charge on any atom is -0.493 e. The number of rotatable bonds is 3. The van der Waals surface area contributed by atoms with E-state index in [1.807, 2.05) is 44.2 Å². The summed E-state index contributed by atoms with van der Waals surface area (Å²) in [4.78, 5) is 12.7. The van der Waals surface area contributed by atoms with Gasteiger partial charge in [0.1, 0.15) is 22.7 Å². The molecule has 0 unspecified atom stereocenters. The molecule has 0 bridgehead atoms. The fraction of sp³-hybridized carbons (Fsp3) is 0.227. The predicted octanol–water partition coefficient (Wildman–Crippen LogP) is 4.66. The zero-order valence-electron chi connectivity index (χ0n) is 15.7. The van der Waals surface area contributed by atoms with E-state index in [-0.39, 0.29) is 5.43 Å². The molecular formula is C22H20O5. The largest absolute Gasteiger partial charge is 0.493 e. The summed E-state index contributed by atoms with van der Waals surface area (Å²) in [5.74, 6) is 2.18. The molecule has 1 aromatic heterocycles. The Bertz CT molecular complexity index is 1120. The summed E-state index contributed by atoms with van der Waals surface area (Å²) < 4.78 is 23.0. The molecule has 5 nitrogen and oxygen atoms in total. The van der Waals surface area contributed by atoms with Gasteiger partial charge in [0, 0.05) is 6.07 Å². The van der Waals surface area contributed by atoms with Crippen LogP contribution in [0.15, 0.2) is 51.7 Å². The van der Waals surface area contributed by atoms with Gasteiger partial charge in [-0.05, 0) is 50.3 Å². The number of hydrogen-bond donors (Lipinski definition) is 0. The number of benzene rings is 2. The zero-order chi connectivity index (χ0) is 19.2. The van der Waals surface area contributed by atoms with Crippen molar-refractivity contribution in [2.24, 2.45) is 0 Å². The van der Waals surface area contributed by atoms with Crippen molar-refractivity contribution < 1.29 is 18.6 Å². The van der Waals surface area contributed by atoms with E-state index in [0.717, 1.165) is 5.56 Å². The molecule has 0 aliphatic carbocycles. The van der Waals surface area contributed by atoms with Gasteiger partial charge in [-0.15, -0.1) is 0 Å². The highest BCUT2D eigenvalue weighted by atomic mass is 16.5. The minimum absolute atomic E-state index is 0.128. The lowest BCUT2D eigenvalue weighted by Gasteiger charge is -2.28. The highest BCUT2D eigenvalue weighted by Crippen LogP contribution is 2.40. The lowest BCUT2D eigenvalue weighted by Crippen LogP contribution is -2.27. The van der Waals surface area contributed by atoms with E-state index in [0.29, 0.717) is 39.5 Å². The Morgan fingerprint density at radius 3 is 2.59 bits per heavy atom. The second-order valence-electron chi connectivity index (χ2n) is 6.91. The molecule has 0 atom stereocenters. The molecule has 2 heterocycles. The second kappa shape index (κ2) is 6.20. The Morgan fingerprint density at radius 1 is 1.04 bits per heavy atom. The Hall–Kier alpha value is -3.21. The maximum absolute atomic E-state index is 12.7. The standard InChI is InChI=1S/C22H20O5/c1-22(2)11-10-15-17(27-22)9-8-13-16(23)12-19(26-20(13)15)14-6-5-7-18(24-3)21(14)25-4/h5-12H,1-4H3. The highest BCUT2D eigenvalue weighted by molar-refractivity contribution is 5.90. The van der Waals surface area contributed by atoms with Crippen molar-refractivity contribution in [3.05, 3.63) is 58.3 Å². The Labute approximate surface area is 156 Å². The summed E-state index contributed by atoms with van der Waals surface area (Å²) in [6.45, 7) is 3.95. The van der Waals surface area contributed by atoms with Gasteiger partial charge in [-0.25, -0.2) is 0 Å². The van der Waals surface area contributed by atoms with Crippen molar-refractivity contribution in [2.75, 3.05) is 14.2 Å². The minimum atomic E-state index is -0.408. The van der Waals surface area contributed by atoms with E-state index in [9.17, 15) is 4.79 Å². The number of methoxy groups -OCH3 is 2. The smallest absolute Gasteiger partial charge is 0.193 e. The number of ether oxygens (including phenoxy) is 3. The van der Waals surface area contributed by atoms with E-state index in [4.69, 9.17) is 18.6 Å². The van der Waals surface area contributed by atoms with Crippen molar-refractivity contribution in [1.29, 1.82) is 0 Å². The lowest BCUT2D eigenvalue weighted by atomic mass is 10.00. The van der Waals surface area contributed by atoms with E-state index >= 15 is 0 Å². The van der Waals surface area contributed by atoms with Crippen LogP contribution < -0.4 is 19.6 Å². The maximum atomic E-state index is 12.7. The maximum Gasteiger partial charge on any atom is 0.193 e. The molecule has 0 saturated heterocycles. The quantitative estimate of drug-likeness (QED) is 0.676. The molecule has 0 saturated carbocycles. The Kier molecular flexibility index (Phi) is 3.95. The van der Waals surface area contributed by atoms with Gasteiger partial charge in [0.15, 0.2) is 16.9 Å². The number of para-hydroxylation sites is 1. The summed E-state index contributed by atoms with van der Waals surface area (Å²) in [7, 11) is 3.12. The highest BCUT2D eigenvalue weighted by Gasteiger charge is 2.25. The van der Waals surface area contributed by atoms with Gasteiger partial charge in [0.25, 0.3) is 0 Å². The molecule has 3 aromatic rings. The van der Waals surface area contributed by atoms with Gasteiger partial charge in [-0.3, -0.25) is 4.79 Å². The average molecular weight is 364 g/mol. The van der Waals surface area contributed by atoms with E-state index in [2.05, 4.69) is 0 Å². The SMILES string of the molecule is COc1cccc(-c2cc(=O)c3ccc4c(c3o2)C=CC(C)(C)O4)c1OC. The molecule has 2 aromatic carbocycles. The van der Waals surface area contributed by atoms with Gasteiger partial charge in [-0.2, -0.15) is 0 Å². The number of fused-ring (bicyclic) bond motifs is 3. The van der Waals surface area contributed by atoms with E-state index < -0.39 is 5.60 Å². The number of hydrogen-bond acceptors (Lipinski definition) is 5. The third-order valence-corrected chi connectivity index (χ3v) is 4.59. The summed E-state index contributed by atoms with van der Waals surface area (Å²) >= 11 is 0. The Morgan fingerprint density at radius 2 is 1.85 bits per heavy atom. The van der Waals surface area contributed by atoms with Crippen LogP contribution in [0.3, 0.4) is 0 Å². The van der Waals surface area contributed by atoms with Gasteiger partial charge in [0.05, 0.1) is 30.7 Å². The first kappa shape index (κ1) is 17.2. The lowest BCUT2D eigenvalue weighted by molar-refractivity contribution is 0.159. The fourth-order valence-corrected chi connectivity index (χ4v) is 3.28. The molecule has 4 rings (SSSR count). The molecule has 27 heavy (non-hydrogen) atoms. The van der Waals surface area contributed by atoms with Crippen LogP contribution >= 0.6 is 0 Å². The first-order chi connectivity index (χ1) is 12.9. The van der Waals surface area contributed by atoms with Crippen LogP contribution in [0.2, 0.25) is 0 Å². The molecule has 0 N–H and O–H groups in total. The summed E-state index contributed by atoms with van der Waals surface area (Å²) in [5.41, 5.74) is 1.36. The van der Waals surface area contributed by atoms with Crippen LogP contribution in [-0.2, 0) is 0 Å². The summed E-state index contributed by atoms with van der Waals surface area (Å²) in [6, 6.07) is 10.5. The van der Waals surface area contributed by atoms with Crippen LogP contribution in [0.25, 0.3) is 28.4 Å². The van der Waals surface area contributed by atoms with Gasteiger partial charge < -0.3 is 18.6 Å². The van der Waals surface area contributed by atoms with Crippen molar-refractivity contribution >= 4 is 17.0 Å². The molecular weight excluding hydrogens is 344 g/mol. The van der Waals surface area contributed by atoms with Crippen molar-refractivity contribution in [2.45, 2.75) is 19.4 Å². The van der Waals surface area contributed by atoms with Crippen molar-refractivity contribution in [3.63, 3.8) is 0 Å². The van der Waals surface area contributed by atoms with Crippen LogP contribution in [0.4, 0.5) is 0 Å². The molecule has 0 fully saturated rings. The summed E-state index contributed by atoms with van der Waals surface area (Å²) in [6.07, 6.45) is 3.89. The predicted molar refractivity (Wildman–Crippen MR) is 105 cm³/mol. The first-order valence-electron chi connectivity index (χ1n) is 8.64. The molecule has 138 valence electrons. The Balaban J connectivity index is 1.99. The molecule has 5 heteroatoms. The molecule has 0 radical (unpaired) electrons. The first-order valence-corrected chi connectivity index (χ1v) is 8.64. The topological polar surface area (TPSA) is 57.9 Å². The van der Waals surface area contributed by atoms with E-state index in [1.54, 1.807) is 26.4 Å². The third-order valence-electron chi connectivity index (χ3n) is 4.59. The van der Waals surface area contributed by atoms with Gasteiger partial charge in [0.2, 0.25) is 0 Å². The zero-order valence-corrected chi connectivity index (χ0v) is 15.7. The van der Waals surface area contributed by atoms with Crippen molar-refractivity contribution in [3.8, 4) is 28.6 Å². The summed E-state index contributed by atoms with van der Waals surface area (Å²) in [5, 5.41) is 0.507.